The minimum absolute atomic E-state index is 0.564. The van der Waals surface area contributed by atoms with Crippen molar-refractivity contribution in [3.8, 4) is 5.75 Å². The van der Waals surface area contributed by atoms with Crippen LogP contribution in [0.3, 0.4) is 0 Å². The Morgan fingerprint density at radius 3 is 2.79 bits per heavy atom. The number of piperazine rings is 1. The van der Waals surface area contributed by atoms with Gasteiger partial charge in [-0.25, -0.2) is 0 Å². The Hall–Kier alpha value is -0.740. The van der Waals surface area contributed by atoms with Gasteiger partial charge in [-0.2, -0.15) is 0 Å². The van der Waals surface area contributed by atoms with E-state index in [-0.39, 0.29) is 0 Å². The zero-order chi connectivity index (χ0) is 13.8. The molecule has 4 heteroatoms. The van der Waals surface area contributed by atoms with E-state index in [1.165, 1.54) is 12.1 Å². The average molecular weight is 327 g/mol. The average Bonchev–Trinajstić information content (AvgIpc) is 2.47. The highest BCUT2D eigenvalue weighted by Crippen LogP contribution is 2.31. The summed E-state index contributed by atoms with van der Waals surface area (Å²) in [7, 11) is 1.72. The molecule has 106 valence electrons. The third-order valence-electron chi connectivity index (χ3n) is 3.93. The first kappa shape index (κ1) is 14.7. The second-order valence-electron chi connectivity index (χ2n) is 5.05. The van der Waals surface area contributed by atoms with Crippen LogP contribution in [0.25, 0.3) is 0 Å². The molecule has 0 aromatic heterocycles. The van der Waals surface area contributed by atoms with Gasteiger partial charge in [-0.3, -0.25) is 0 Å². The number of rotatable bonds is 4. The van der Waals surface area contributed by atoms with E-state index in [1.807, 2.05) is 0 Å². The van der Waals surface area contributed by atoms with E-state index in [0.717, 1.165) is 29.7 Å². The molecule has 0 amide bonds. The highest BCUT2D eigenvalue weighted by Gasteiger charge is 2.26. The fraction of sp³-hybridized carbons (Fsp3) is 0.600. The first-order chi connectivity index (χ1) is 9.19. The number of halogens is 1. The largest absolute Gasteiger partial charge is 0.495 e. The zero-order valence-electron chi connectivity index (χ0n) is 11.9. The van der Waals surface area contributed by atoms with Crippen LogP contribution in [0.2, 0.25) is 0 Å². The molecule has 1 heterocycles. The van der Waals surface area contributed by atoms with Gasteiger partial charge in [0.05, 0.1) is 11.6 Å². The summed E-state index contributed by atoms with van der Waals surface area (Å²) >= 11 is 3.52. The molecule has 1 saturated heterocycles. The smallest absolute Gasteiger partial charge is 0.135 e. The zero-order valence-corrected chi connectivity index (χ0v) is 13.5. The number of ether oxygens (including phenoxy) is 1. The van der Waals surface area contributed by atoms with Crippen molar-refractivity contribution in [3.05, 3.63) is 22.7 Å². The maximum atomic E-state index is 5.41. The van der Waals surface area contributed by atoms with Crippen molar-refractivity contribution >= 4 is 21.6 Å². The van der Waals surface area contributed by atoms with Crippen molar-refractivity contribution in [1.82, 2.24) is 5.32 Å². The van der Waals surface area contributed by atoms with E-state index in [1.54, 1.807) is 7.11 Å². The predicted octanol–water partition coefficient (Wildman–Crippen LogP) is 3.42. The summed E-state index contributed by atoms with van der Waals surface area (Å²) in [5.74, 6) is 0.902. The monoisotopic (exact) mass is 326 g/mol. The van der Waals surface area contributed by atoms with E-state index < -0.39 is 0 Å². The first-order valence-corrected chi connectivity index (χ1v) is 7.82. The molecule has 2 unspecified atom stereocenters. The van der Waals surface area contributed by atoms with Gasteiger partial charge in [0, 0.05) is 36.9 Å². The Labute approximate surface area is 124 Å². The second-order valence-corrected chi connectivity index (χ2v) is 5.90. The minimum atomic E-state index is 0.564. The van der Waals surface area contributed by atoms with E-state index in [9.17, 15) is 0 Å². The second kappa shape index (κ2) is 6.62. The Morgan fingerprint density at radius 2 is 2.16 bits per heavy atom. The van der Waals surface area contributed by atoms with Gasteiger partial charge in [-0.1, -0.05) is 13.8 Å². The number of nitrogens with zero attached hydrogens (tertiary/aromatic N) is 1. The summed E-state index contributed by atoms with van der Waals surface area (Å²) in [5.41, 5.74) is 1.26. The summed E-state index contributed by atoms with van der Waals surface area (Å²) in [4.78, 5) is 2.51. The van der Waals surface area contributed by atoms with Crippen LogP contribution in [-0.2, 0) is 0 Å². The molecule has 2 atom stereocenters. The first-order valence-electron chi connectivity index (χ1n) is 7.03. The van der Waals surface area contributed by atoms with Crippen LogP contribution in [0.5, 0.6) is 5.75 Å². The minimum Gasteiger partial charge on any atom is -0.495 e. The highest BCUT2D eigenvalue weighted by atomic mass is 79.9. The van der Waals surface area contributed by atoms with Crippen LogP contribution in [-0.4, -0.2) is 32.3 Å². The molecule has 1 aliphatic heterocycles. The predicted molar refractivity (Wildman–Crippen MR) is 84.2 cm³/mol. The number of hydrogen-bond acceptors (Lipinski definition) is 3. The van der Waals surface area contributed by atoms with E-state index in [4.69, 9.17) is 4.74 Å². The van der Waals surface area contributed by atoms with Crippen LogP contribution in [0.15, 0.2) is 22.7 Å². The van der Waals surface area contributed by atoms with E-state index in [2.05, 4.69) is 58.2 Å². The molecule has 1 N–H and O–H groups in total. The van der Waals surface area contributed by atoms with Gasteiger partial charge in [0.25, 0.3) is 0 Å². The Morgan fingerprint density at radius 1 is 1.37 bits per heavy atom. The molecule has 2 rings (SSSR count). The molecular weight excluding hydrogens is 304 g/mol. The van der Waals surface area contributed by atoms with Crippen molar-refractivity contribution in [2.24, 2.45) is 0 Å². The fourth-order valence-electron chi connectivity index (χ4n) is 2.65. The van der Waals surface area contributed by atoms with Crippen LogP contribution in [0.4, 0.5) is 5.69 Å². The normalized spacial score (nSPS) is 23.5. The van der Waals surface area contributed by atoms with Crippen molar-refractivity contribution in [3.63, 3.8) is 0 Å². The van der Waals surface area contributed by atoms with E-state index in [0.29, 0.717) is 12.1 Å². The van der Waals surface area contributed by atoms with Gasteiger partial charge in [0.2, 0.25) is 0 Å². The van der Waals surface area contributed by atoms with Gasteiger partial charge >= 0.3 is 0 Å². The molecule has 1 aromatic rings. The van der Waals surface area contributed by atoms with Gasteiger partial charge < -0.3 is 15.0 Å². The Kier molecular flexibility index (Phi) is 5.11. The van der Waals surface area contributed by atoms with Crippen LogP contribution in [0, 0.1) is 0 Å². The third kappa shape index (κ3) is 3.23. The molecule has 3 nitrogen and oxygen atoms in total. The number of nitrogens with one attached hydrogen (secondary N) is 1. The van der Waals surface area contributed by atoms with Gasteiger partial charge in [0.1, 0.15) is 5.75 Å². The van der Waals surface area contributed by atoms with Gasteiger partial charge in [-0.05, 0) is 40.9 Å². The summed E-state index contributed by atoms with van der Waals surface area (Å²) in [6.45, 7) is 6.62. The van der Waals surface area contributed by atoms with Crippen molar-refractivity contribution in [2.75, 3.05) is 25.1 Å². The fourth-order valence-corrected chi connectivity index (χ4v) is 3.05. The molecule has 1 fully saturated rings. The molecule has 0 aliphatic carbocycles. The van der Waals surface area contributed by atoms with Gasteiger partial charge in [0.15, 0.2) is 0 Å². The molecular formula is C15H23BrN2O. The summed E-state index contributed by atoms with van der Waals surface area (Å²) in [6.07, 6.45) is 2.32. The maximum absolute atomic E-state index is 5.41. The quantitative estimate of drug-likeness (QED) is 0.917. The van der Waals surface area contributed by atoms with Crippen LogP contribution >= 0.6 is 15.9 Å². The Balaban J connectivity index is 2.25. The molecule has 1 aromatic carbocycles. The lowest BCUT2D eigenvalue weighted by molar-refractivity contribution is 0.377. The molecule has 0 spiro atoms. The summed E-state index contributed by atoms with van der Waals surface area (Å²) in [5, 5.41) is 3.63. The SMILES string of the molecule is CCC1CN(c2ccc(Br)c(OC)c2)C(CC)CN1. The summed E-state index contributed by atoms with van der Waals surface area (Å²) in [6, 6.07) is 7.52. The molecule has 1 aliphatic rings. The standard InChI is InChI=1S/C15H23BrN2O/c1-4-11-10-18(12(5-2)9-17-11)13-6-7-14(16)15(8-13)19-3/h6-8,11-12,17H,4-5,9-10H2,1-3H3. The lowest BCUT2D eigenvalue weighted by Gasteiger charge is -2.41. The van der Waals surface area contributed by atoms with Crippen LogP contribution < -0.4 is 15.0 Å². The number of hydrogen-bond donors (Lipinski definition) is 1. The van der Waals surface area contributed by atoms with Crippen LogP contribution in [0.1, 0.15) is 26.7 Å². The lowest BCUT2D eigenvalue weighted by Crippen LogP contribution is -2.56. The number of benzene rings is 1. The third-order valence-corrected chi connectivity index (χ3v) is 4.59. The summed E-state index contributed by atoms with van der Waals surface area (Å²) < 4.78 is 6.42. The van der Waals surface area contributed by atoms with Crippen molar-refractivity contribution in [2.45, 2.75) is 38.8 Å². The lowest BCUT2D eigenvalue weighted by atomic mass is 10.0. The van der Waals surface area contributed by atoms with E-state index >= 15 is 0 Å². The number of methoxy groups -OCH3 is 1. The maximum Gasteiger partial charge on any atom is 0.135 e. The Bertz CT molecular complexity index is 425. The topological polar surface area (TPSA) is 24.5 Å². The van der Waals surface area contributed by atoms with Gasteiger partial charge in [-0.15, -0.1) is 0 Å². The highest BCUT2D eigenvalue weighted by molar-refractivity contribution is 9.10. The van der Waals surface area contributed by atoms with Crippen molar-refractivity contribution < 1.29 is 4.74 Å². The molecule has 0 radical (unpaired) electrons. The molecule has 0 bridgehead atoms. The number of anilines is 1. The molecule has 0 saturated carbocycles. The van der Waals surface area contributed by atoms with Crippen molar-refractivity contribution in [1.29, 1.82) is 0 Å². The molecule has 19 heavy (non-hydrogen) atoms.